The lowest BCUT2D eigenvalue weighted by Gasteiger charge is -2.27. The quantitative estimate of drug-likeness (QED) is 0.909. The number of amides is 1. The Labute approximate surface area is 133 Å². The summed E-state index contributed by atoms with van der Waals surface area (Å²) in [5.74, 6) is 1.46. The molecule has 0 bridgehead atoms. The molecule has 2 atom stereocenters. The van der Waals surface area contributed by atoms with Gasteiger partial charge < -0.3 is 10.2 Å². The number of pyridine rings is 1. The number of nitrogens with one attached hydrogen (secondary N) is 1. The van der Waals surface area contributed by atoms with Crippen molar-refractivity contribution < 1.29 is 4.79 Å². The number of aromatic nitrogens is 1. The highest BCUT2D eigenvalue weighted by Gasteiger charge is 2.38. The third kappa shape index (κ3) is 3.49. The van der Waals surface area contributed by atoms with E-state index in [1.54, 1.807) is 0 Å². The Kier molecular flexibility index (Phi) is 5.08. The van der Waals surface area contributed by atoms with Gasteiger partial charge in [0.1, 0.15) is 0 Å². The van der Waals surface area contributed by atoms with Crippen molar-refractivity contribution in [1.82, 2.24) is 15.2 Å². The highest BCUT2D eigenvalue weighted by atomic mass is 16.2. The fourth-order valence-corrected chi connectivity index (χ4v) is 4.06. The van der Waals surface area contributed by atoms with Crippen molar-refractivity contribution in [3.63, 3.8) is 0 Å². The van der Waals surface area contributed by atoms with Gasteiger partial charge in [0.2, 0.25) is 5.91 Å². The first-order valence-electron chi connectivity index (χ1n) is 8.62. The van der Waals surface area contributed by atoms with Crippen molar-refractivity contribution in [3.8, 4) is 0 Å². The van der Waals surface area contributed by atoms with Gasteiger partial charge >= 0.3 is 0 Å². The zero-order valence-electron chi connectivity index (χ0n) is 13.5. The first kappa shape index (κ1) is 15.5. The predicted molar refractivity (Wildman–Crippen MR) is 87.3 cm³/mol. The number of carbonyl (C=O) groups excluding carboxylic acids is 1. The molecule has 4 nitrogen and oxygen atoms in total. The number of nitrogens with zero attached hydrogens (tertiary/aromatic N) is 2. The van der Waals surface area contributed by atoms with Crippen LogP contribution in [0.25, 0.3) is 0 Å². The molecule has 2 heterocycles. The van der Waals surface area contributed by atoms with Crippen molar-refractivity contribution in [1.29, 1.82) is 0 Å². The maximum Gasteiger partial charge on any atom is 0.223 e. The maximum absolute atomic E-state index is 12.1. The molecule has 1 aliphatic heterocycles. The average Bonchev–Trinajstić information content (AvgIpc) is 2.84. The molecule has 1 aromatic heterocycles. The van der Waals surface area contributed by atoms with Crippen molar-refractivity contribution in [2.45, 2.75) is 44.6 Å². The molecule has 0 aromatic carbocycles. The Hall–Kier alpha value is -1.42. The fourth-order valence-electron chi connectivity index (χ4n) is 4.06. The Balaban J connectivity index is 1.57. The average molecular weight is 301 g/mol. The van der Waals surface area contributed by atoms with E-state index in [1.165, 1.54) is 37.7 Å². The zero-order valence-corrected chi connectivity index (χ0v) is 13.5. The smallest absolute Gasteiger partial charge is 0.223 e. The minimum Gasteiger partial charge on any atom is -0.338 e. The summed E-state index contributed by atoms with van der Waals surface area (Å²) in [5, 5.41) is 3.64. The molecule has 4 heteroatoms. The second kappa shape index (κ2) is 7.23. The number of carbonyl (C=O) groups is 1. The molecule has 0 radical (unpaired) electrons. The van der Waals surface area contributed by atoms with Crippen LogP contribution in [0.4, 0.5) is 0 Å². The molecule has 2 aliphatic rings. The molecule has 1 aromatic rings. The van der Waals surface area contributed by atoms with Gasteiger partial charge in [-0.3, -0.25) is 9.78 Å². The Morgan fingerprint density at radius 2 is 1.91 bits per heavy atom. The molecular formula is C18H27N3O. The van der Waals surface area contributed by atoms with Crippen LogP contribution in [-0.4, -0.2) is 35.9 Å². The van der Waals surface area contributed by atoms with Crippen LogP contribution in [0, 0.1) is 11.8 Å². The topological polar surface area (TPSA) is 45.2 Å². The van der Waals surface area contributed by atoms with Crippen molar-refractivity contribution in [2.75, 3.05) is 20.1 Å². The Morgan fingerprint density at radius 1 is 1.18 bits per heavy atom. The molecule has 0 spiro atoms. The SMILES string of the molecule is CN1C(=O)C[C@@H](CNCC2CCCCC2)[C@@H]1c1ccncc1. The minimum absolute atomic E-state index is 0.189. The third-order valence-corrected chi connectivity index (χ3v) is 5.31. The van der Waals surface area contributed by atoms with Gasteiger partial charge in [0.25, 0.3) is 0 Å². The van der Waals surface area contributed by atoms with Gasteiger partial charge in [0.05, 0.1) is 6.04 Å². The van der Waals surface area contributed by atoms with Gasteiger partial charge in [0.15, 0.2) is 0 Å². The van der Waals surface area contributed by atoms with Gasteiger partial charge in [-0.15, -0.1) is 0 Å². The molecule has 1 saturated heterocycles. The molecule has 2 fully saturated rings. The number of rotatable bonds is 5. The lowest BCUT2D eigenvalue weighted by Crippen LogP contribution is -2.32. The summed E-state index contributed by atoms with van der Waals surface area (Å²) in [4.78, 5) is 18.1. The molecule has 1 N–H and O–H groups in total. The Bertz CT molecular complexity index is 484. The van der Waals surface area contributed by atoms with Crippen molar-refractivity contribution in [3.05, 3.63) is 30.1 Å². The minimum atomic E-state index is 0.189. The van der Waals surface area contributed by atoms with Crippen molar-refractivity contribution >= 4 is 5.91 Å². The first-order chi connectivity index (χ1) is 10.8. The number of hydrogen-bond donors (Lipinski definition) is 1. The standard InChI is InChI=1S/C18H27N3O/c1-21-17(22)11-16(18(21)15-7-9-19-10-8-15)13-20-12-14-5-3-2-4-6-14/h7-10,14,16,18,20H,2-6,11-13H2,1H3/t16-,18-/m0/s1. The lowest BCUT2D eigenvalue weighted by molar-refractivity contribution is -0.127. The highest BCUT2D eigenvalue weighted by molar-refractivity contribution is 5.79. The summed E-state index contributed by atoms with van der Waals surface area (Å²) in [6, 6.07) is 4.26. The van der Waals surface area contributed by atoms with Gasteiger partial charge in [-0.2, -0.15) is 0 Å². The van der Waals surface area contributed by atoms with Crippen LogP contribution in [0.1, 0.15) is 50.1 Å². The van der Waals surface area contributed by atoms with Crippen LogP contribution in [0.2, 0.25) is 0 Å². The summed E-state index contributed by atoms with van der Waals surface area (Å²) < 4.78 is 0. The Morgan fingerprint density at radius 3 is 2.64 bits per heavy atom. The van der Waals surface area contributed by atoms with Gasteiger partial charge in [-0.1, -0.05) is 19.3 Å². The van der Waals surface area contributed by atoms with Gasteiger partial charge in [-0.25, -0.2) is 0 Å². The first-order valence-corrected chi connectivity index (χ1v) is 8.62. The largest absolute Gasteiger partial charge is 0.338 e. The van der Waals surface area contributed by atoms with Crippen LogP contribution in [0.3, 0.4) is 0 Å². The summed E-state index contributed by atoms with van der Waals surface area (Å²) >= 11 is 0. The van der Waals surface area contributed by atoms with E-state index < -0.39 is 0 Å². The molecule has 0 unspecified atom stereocenters. The second-order valence-corrected chi connectivity index (χ2v) is 6.86. The fraction of sp³-hybridized carbons (Fsp3) is 0.667. The molecule has 1 saturated carbocycles. The van der Waals surface area contributed by atoms with E-state index in [2.05, 4.69) is 10.3 Å². The summed E-state index contributed by atoms with van der Waals surface area (Å²) in [6.07, 6.45) is 11.2. The molecular weight excluding hydrogens is 274 g/mol. The summed E-state index contributed by atoms with van der Waals surface area (Å²) in [6.45, 7) is 2.04. The normalized spacial score (nSPS) is 26.6. The molecule has 1 amide bonds. The summed E-state index contributed by atoms with van der Waals surface area (Å²) in [5.41, 5.74) is 1.20. The van der Waals surface area contributed by atoms with E-state index in [9.17, 15) is 4.79 Å². The van der Waals surface area contributed by atoms with E-state index >= 15 is 0 Å². The summed E-state index contributed by atoms with van der Waals surface area (Å²) in [7, 11) is 1.93. The van der Waals surface area contributed by atoms with Crippen LogP contribution in [0.5, 0.6) is 0 Å². The number of likely N-dealkylation sites (tertiary alicyclic amines) is 1. The third-order valence-electron chi connectivity index (χ3n) is 5.31. The van der Waals surface area contributed by atoms with Crippen molar-refractivity contribution in [2.24, 2.45) is 11.8 Å². The number of hydrogen-bond acceptors (Lipinski definition) is 3. The van der Waals surface area contributed by atoms with E-state index in [0.29, 0.717) is 12.3 Å². The van der Waals surface area contributed by atoms with Gasteiger partial charge in [-0.05, 0) is 43.0 Å². The van der Waals surface area contributed by atoms with Crippen LogP contribution >= 0.6 is 0 Å². The molecule has 1 aliphatic carbocycles. The van der Waals surface area contributed by atoms with E-state index in [-0.39, 0.29) is 11.9 Å². The second-order valence-electron chi connectivity index (χ2n) is 6.86. The van der Waals surface area contributed by atoms with Crippen LogP contribution in [-0.2, 0) is 4.79 Å². The van der Waals surface area contributed by atoms with Gasteiger partial charge in [0, 0.05) is 38.3 Å². The van der Waals surface area contributed by atoms with E-state index in [4.69, 9.17) is 0 Å². The molecule has 22 heavy (non-hydrogen) atoms. The predicted octanol–water partition coefficient (Wildman–Crippen LogP) is 2.77. The van der Waals surface area contributed by atoms with E-state index in [0.717, 1.165) is 19.0 Å². The monoisotopic (exact) mass is 301 g/mol. The molecule has 3 rings (SSSR count). The highest BCUT2D eigenvalue weighted by Crippen LogP contribution is 2.36. The van der Waals surface area contributed by atoms with E-state index in [1.807, 2.05) is 36.5 Å². The lowest BCUT2D eigenvalue weighted by atomic mass is 9.89. The van der Waals surface area contributed by atoms with Crippen LogP contribution in [0.15, 0.2) is 24.5 Å². The molecule has 120 valence electrons. The maximum atomic E-state index is 12.1. The zero-order chi connectivity index (χ0) is 15.4. The van der Waals surface area contributed by atoms with Crippen LogP contribution < -0.4 is 5.32 Å².